The highest BCUT2D eigenvalue weighted by atomic mass is 35.5. The minimum Gasteiger partial charge on any atom is -0.495 e. The fraction of sp³-hybridized carbons (Fsp3) is 0.615. The molecule has 3 nitrogen and oxygen atoms in total. The maximum atomic E-state index is 6.26. The molecule has 0 amide bonds. The minimum absolute atomic E-state index is 0.110. The molecule has 0 fully saturated rings. The highest BCUT2D eigenvalue weighted by Gasteiger charge is 2.16. The third-order valence-electron chi connectivity index (χ3n) is 2.31. The van der Waals surface area contributed by atoms with Gasteiger partial charge in [0.05, 0.1) is 18.7 Å². The number of pyridine rings is 1. The normalized spacial score (nSPS) is 13.2. The SMILES string of the molecule is COc1ccc(NCC(Cl)CC(C)(C)C)nc1. The van der Waals surface area contributed by atoms with Gasteiger partial charge in [0, 0.05) is 6.54 Å². The van der Waals surface area contributed by atoms with Crippen molar-refractivity contribution in [3.05, 3.63) is 18.3 Å². The Balaban J connectivity index is 2.39. The molecule has 0 spiro atoms. The summed E-state index contributed by atoms with van der Waals surface area (Å²) in [5.41, 5.74) is 0.251. The van der Waals surface area contributed by atoms with Gasteiger partial charge in [0.25, 0.3) is 0 Å². The number of nitrogens with one attached hydrogen (secondary N) is 1. The van der Waals surface area contributed by atoms with Crippen LogP contribution in [0.1, 0.15) is 27.2 Å². The van der Waals surface area contributed by atoms with E-state index in [0.29, 0.717) is 0 Å². The Hall–Kier alpha value is -0.960. The molecule has 17 heavy (non-hydrogen) atoms. The average molecular weight is 257 g/mol. The first-order valence-corrected chi connectivity index (χ1v) is 6.22. The Labute approximate surface area is 109 Å². The second kappa shape index (κ2) is 6.10. The summed E-state index contributed by atoms with van der Waals surface area (Å²) in [6.45, 7) is 7.29. The molecule has 4 heteroatoms. The first-order valence-electron chi connectivity index (χ1n) is 5.79. The van der Waals surface area contributed by atoms with Gasteiger partial charge in [0.15, 0.2) is 0 Å². The van der Waals surface area contributed by atoms with Crippen LogP contribution in [0.4, 0.5) is 5.82 Å². The summed E-state index contributed by atoms with van der Waals surface area (Å²) in [7, 11) is 1.63. The zero-order valence-corrected chi connectivity index (χ0v) is 11.7. The van der Waals surface area contributed by atoms with Crippen LogP contribution in [-0.4, -0.2) is 24.0 Å². The molecule has 0 aliphatic rings. The minimum atomic E-state index is 0.110. The lowest BCUT2D eigenvalue weighted by atomic mass is 9.90. The number of methoxy groups -OCH3 is 1. The number of ether oxygens (including phenoxy) is 1. The monoisotopic (exact) mass is 256 g/mol. The van der Waals surface area contributed by atoms with Crippen LogP contribution in [0, 0.1) is 5.41 Å². The molecular weight excluding hydrogens is 236 g/mol. The predicted octanol–water partition coefficient (Wildman–Crippen LogP) is 3.55. The van der Waals surface area contributed by atoms with E-state index in [4.69, 9.17) is 16.3 Å². The first-order chi connectivity index (χ1) is 7.90. The molecule has 0 aliphatic carbocycles. The standard InChI is InChI=1S/C13H21ClN2O/c1-13(2,3)7-10(14)8-15-12-6-5-11(17-4)9-16-12/h5-6,9-10H,7-8H2,1-4H3,(H,15,16). The predicted molar refractivity (Wildman–Crippen MR) is 73.0 cm³/mol. The molecule has 1 N–H and O–H groups in total. The van der Waals surface area contributed by atoms with Crippen LogP contribution in [-0.2, 0) is 0 Å². The summed E-state index contributed by atoms with van der Waals surface area (Å²) < 4.78 is 5.04. The summed E-state index contributed by atoms with van der Waals surface area (Å²) in [5.74, 6) is 1.58. The quantitative estimate of drug-likeness (QED) is 0.819. The van der Waals surface area contributed by atoms with Crippen molar-refractivity contribution in [2.75, 3.05) is 19.0 Å². The molecule has 0 aliphatic heterocycles. The molecular formula is C13H21ClN2O. The molecule has 0 aromatic carbocycles. The first kappa shape index (κ1) is 14.1. The van der Waals surface area contributed by atoms with Crippen LogP contribution in [0.25, 0.3) is 0 Å². The van der Waals surface area contributed by atoms with E-state index < -0.39 is 0 Å². The smallest absolute Gasteiger partial charge is 0.137 e. The maximum Gasteiger partial charge on any atom is 0.137 e. The number of rotatable bonds is 5. The largest absolute Gasteiger partial charge is 0.495 e. The van der Waals surface area contributed by atoms with Gasteiger partial charge in [0.1, 0.15) is 11.6 Å². The van der Waals surface area contributed by atoms with Gasteiger partial charge in [-0.05, 0) is 24.0 Å². The summed E-state index contributed by atoms with van der Waals surface area (Å²) in [6, 6.07) is 3.77. The van der Waals surface area contributed by atoms with E-state index in [1.54, 1.807) is 13.3 Å². The summed E-state index contributed by atoms with van der Waals surface area (Å²) >= 11 is 6.26. The molecule has 0 saturated heterocycles. The topological polar surface area (TPSA) is 34.1 Å². The number of aromatic nitrogens is 1. The van der Waals surface area contributed by atoms with Gasteiger partial charge in [-0.1, -0.05) is 20.8 Å². The van der Waals surface area contributed by atoms with Crippen LogP contribution in [0.2, 0.25) is 0 Å². The van der Waals surface area contributed by atoms with Crippen molar-refractivity contribution in [3.8, 4) is 5.75 Å². The third-order valence-corrected chi connectivity index (χ3v) is 2.62. The zero-order valence-electron chi connectivity index (χ0n) is 11.0. The second-order valence-corrected chi connectivity index (χ2v) is 5.94. The highest BCUT2D eigenvalue weighted by Crippen LogP contribution is 2.23. The van der Waals surface area contributed by atoms with E-state index in [2.05, 4.69) is 31.1 Å². The highest BCUT2D eigenvalue weighted by molar-refractivity contribution is 6.20. The van der Waals surface area contributed by atoms with Crippen molar-refractivity contribution in [3.63, 3.8) is 0 Å². The molecule has 1 rings (SSSR count). The van der Waals surface area contributed by atoms with Gasteiger partial charge in [-0.3, -0.25) is 0 Å². The van der Waals surface area contributed by atoms with Crippen molar-refractivity contribution >= 4 is 17.4 Å². The van der Waals surface area contributed by atoms with Gasteiger partial charge in [-0.2, -0.15) is 0 Å². The molecule has 0 bridgehead atoms. The molecule has 1 atom stereocenters. The van der Waals surface area contributed by atoms with E-state index in [0.717, 1.165) is 24.5 Å². The molecule has 1 aromatic rings. The number of alkyl halides is 1. The molecule has 0 radical (unpaired) electrons. The second-order valence-electron chi connectivity index (χ2n) is 5.33. The molecule has 1 aromatic heterocycles. The molecule has 0 saturated carbocycles. The van der Waals surface area contributed by atoms with Crippen LogP contribution >= 0.6 is 11.6 Å². The van der Waals surface area contributed by atoms with E-state index >= 15 is 0 Å². The van der Waals surface area contributed by atoms with Crippen LogP contribution in [0.5, 0.6) is 5.75 Å². The Morgan fingerprint density at radius 1 is 1.41 bits per heavy atom. The molecule has 1 heterocycles. The van der Waals surface area contributed by atoms with E-state index in [1.807, 2.05) is 12.1 Å². The fourth-order valence-corrected chi connectivity index (χ4v) is 2.10. The lowest BCUT2D eigenvalue weighted by Gasteiger charge is -2.22. The number of halogens is 1. The molecule has 96 valence electrons. The van der Waals surface area contributed by atoms with Gasteiger partial charge in [-0.25, -0.2) is 4.98 Å². The van der Waals surface area contributed by atoms with E-state index in [9.17, 15) is 0 Å². The lowest BCUT2D eigenvalue weighted by Crippen LogP contribution is -2.21. The van der Waals surface area contributed by atoms with E-state index in [1.165, 1.54) is 0 Å². The van der Waals surface area contributed by atoms with Crippen LogP contribution in [0.3, 0.4) is 0 Å². The number of hydrogen-bond donors (Lipinski definition) is 1. The van der Waals surface area contributed by atoms with Gasteiger partial charge in [0.2, 0.25) is 0 Å². The van der Waals surface area contributed by atoms with Gasteiger partial charge < -0.3 is 10.1 Å². The summed E-state index contributed by atoms with van der Waals surface area (Å²) in [5, 5.41) is 3.33. The fourth-order valence-electron chi connectivity index (χ4n) is 1.56. The van der Waals surface area contributed by atoms with Crippen molar-refractivity contribution < 1.29 is 4.74 Å². The number of anilines is 1. The Morgan fingerprint density at radius 2 is 2.12 bits per heavy atom. The summed E-state index contributed by atoms with van der Waals surface area (Å²) in [4.78, 5) is 4.22. The van der Waals surface area contributed by atoms with Crippen molar-refractivity contribution in [1.82, 2.24) is 4.98 Å². The molecule has 1 unspecified atom stereocenters. The van der Waals surface area contributed by atoms with Gasteiger partial charge in [-0.15, -0.1) is 11.6 Å². The van der Waals surface area contributed by atoms with Crippen LogP contribution < -0.4 is 10.1 Å². The van der Waals surface area contributed by atoms with E-state index in [-0.39, 0.29) is 10.8 Å². The number of hydrogen-bond acceptors (Lipinski definition) is 3. The van der Waals surface area contributed by atoms with Crippen molar-refractivity contribution in [1.29, 1.82) is 0 Å². The average Bonchev–Trinajstić information content (AvgIpc) is 2.25. The zero-order chi connectivity index (χ0) is 12.9. The third kappa shape index (κ3) is 5.78. The van der Waals surface area contributed by atoms with Crippen LogP contribution in [0.15, 0.2) is 18.3 Å². The Bertz CT molecular complexity index is 332. The van der Waals surface area contributed by atoms with Crippen molar-refractivity contribution in [2.24, 2.45) is 5.41 Å². The number of nitrogens with zero attached hydrogens (tertiary/aromatic N) is 1. The maximum absolute atomic E-state index is 6.26. The van der Waals surface area contributed by atoms with Gasteiger partial charge >= 0.3 is 0 Å². The Morgan fingerprint density at radius 3 is 2.59 bits per heavy atom. The Kier molecular flexibility index (Phi) is 5.06. The lowest BCUT2D eigenvalue weighted by molar-refractivity contribution is 0.373. The van der Waals surface area contributed by atoms with Crippen molar-refractivity contribution in [2.45, 2.75) is 32.6 Å². The summed E-state index contributed by atoms with van der Waals surface area (Å²) in [6.07, 6.45) is 2.66.